The monoisotopic (exact) mass is 266 g/mol. The van der Waals surface area contributed by atoms with Gasteiger partial charge in [-0.15, -0.1) is 0 Å². The van der Waals surface area contributed by atoms with Gasteiger partial charge in [0.15, 0.2) is 5.16 Å². The van der Waals surface area contributed by atoms with Gasteiger partial charge in [0.25, 0.3) is 0 Å². The van der Waals surface area contributed by atoms with Crippen molar-refractivity contribution in [2.24, 2.45) is 0 Å². The van der Waals surface area contributed by atoms with Crippen molar-refractivity contribution in [2.75, 3.05) is 5.75 Å². The van der Waals surface area contributed by atoms with Gasteiger partial charge in [-0.05, 0) is 26.0 Å². The molecule has 0 amide bonds. The van der Waals surface area contributed by atoms with E-state index < -0.39 is 5.97 Å². The quantitative estimate of drug-likeness (QED) is 0.842. The lowest BCUT2D eigenvalue weighted by Crippen LogP contribution is -2.07. The summed E-state index contributed by atoms with van der Waals surface area (Å²) < 4.78 is 7.30. The van der Waals surface area contributed by atoms with Gasteiger partial charge >= 0.3 is 5.97 Å². The van der Waals surface area contributed by atoms with Gasteiger partial charge in [0.1, 0.15) is 5.76 Å². The number of carbonyl (C=O) groups is 1. The minimum absolute atomic E-state index is 0.00132. The number of aromatic nitrogens is 2. The number of thioether (sulfide) groups is 1. The first-order valence-corrected chi connectivity index (χ1v) is 6.50. The summed E-state index contributed by atoms with van der Waals surface area (Å²) in [7, 11) is 0. The Morgan fingerprint density at radius 1 is 1.67 bits per heavy atom. The van der Waals surface area contributed by atoms with Gasteiger partial charge in [-0.25, -0.2) is 4.98 Å². The van der Waals surface area contributed by atoms with E-state index in [-0.39, 0.29) is 11.8 Å². The predicted molar refractivity (Wildman–Crippen MR) is 67.8 cm³/mol. The molecule has 6 heteroatoms. The van der Waals surface area contributed by atoms with Gasteiger partial charge in [-0.3, -0.25) is 4.79 Å². The molecule has 1 atom stereocenters. The summed E-state index contributed by atoms with van der Waals surface area (Å²) >= 11 is 1.21. The predicted octanol–water partition coefficient (Wildman–Crippen LogP) is 2.57. The fourth-order valence-corrected chi connectivity index (χ4v) is 2.49. The van der Waals surface area contributed by atoms with Crippen LogP contribution in [0.2, 0.25) is 0 Å². The minimum Gasteiger partial charge on any atom is -0.481 e. The molecule has 5 nitrogen and oxygen atoms in total. The average Bonchev–Trinajstić information content (AvgIpc) is 2.94. The third-order valence-corrected chi connectivity index (χ3v) is 3.47. The molecule has 0 aliphatic rings. The van der Waals surface area contributed by atoms with Gasteiger partial charge in [0, 0.05) is 6.20 Å². The lowest BCUT2D eigenvalue weighted by Gasteiger charge is -2.13. The van der Waals surface area contributed by atoms with E-state index in [1.807, 2.05) is 36.7 Å². The number of hydrogen-bond donors (Lipinski definition) is 1. The Morgan fingerprint density at radius 2 is 2.44 bits per heavy atom. The highest BCUT2D eigenvalue weighted by molar-refractivity contribution is 7.99. The van der Waals surface area contributed by atoms with Crippen molar-refractivity contribution >= 4 is 17.7 Å². The highest BCUT2D eigenvalue weighted by Gasteiger charge is 2.16. The van der Waals surface area contributed by atoms with Crippen LogP contribution in [0.15, 0.2) is 34.2 Å². The van der Waals surface area contributed by atoms with Crippen molar-refractivity contribution in [3.05, 3.63) is 36.0 Å². The van der Waals surface area contributed by atoms with E-state index in [0.717, 1.165) is 11.5 Å². The van der Waals surface area contributed by atoms with Gasteiger partial charge in [0.05, 0.1) is 23.8 Å². The van der Waals surface area contributed by atoms with Crippen LogP contribution in [0.3, 0.4) is 0 Å². The average molecular weight is 266 g/mol. The second kappa shape index (κ2) is 5.30. The van der Waals surface area contributed by atoms with Crippen LogP contribution in [0.25, 0.3) is 0 Å². The van der Waals surface area contributed by atoms with Crippen molar-refractivity contribution in [2.45, 2.75) is 25.0 Å². The third-order valence-electron chi connectivity index (χ3n) is 2.52. The van der Waals surface area contributed by atoms with E-state index in [1.54, 1.807) is 6.26 Å². The highest BCUT2D eigenvalue weighted by Crippen LogP contribution is 2.26. The van der Waals surface area contributed by atoms with E-state index in [9.17, 15) is 4.79 Å². The molecule has 0 aliphatic heterocycles. The topological polar surface area (TPSA) is 68.3 Å². The van der Waals surface area contributed by atoms with Crippen LogP contribution in [0.4, 0.5) is 0 Å². The zero-order valence-electron chi connectivity index (χ0n) is 10.2. The molecule has 2 rings (SSSR count). The van der Waals surface area contributed by atoms with Crippen molar-refractivity contribution in [1.82, 2.24) is 9.55 Å². The standard InChI is InChI=1S/C12H14N2O3S/c1-8-6-14(9(2)10-4-3-5-17-10)12(13-8)18-7-11(15)16/h3-6,9H,7H2,1-2H3,(H,15,16). The molecule has 0 radical (unpaired) electrons. The van der Waals surface area contributed by atoms with Crippen LogP contribution in [-0.2, 0) is 4.79 Å². The second-order valence-electron chi connectivity index (χ2n) is 3.95. The summed E-state index contributed by atoms with van der Waals surface area (Å²) in [4.78, 5) is 14.9. The molecule has 18 heavy (non-hydrogen) atoms. The summed E-state index contributed by atoms with van der Waals surface area (Å²) in [5, 5.41) is 9.41. The maximum Gasteiger partial charge on any atom is 0.313 e. The fraction of sp³-hybridized carbons (Fsp3) is 0.333. The smallest absolute Gasteiger partial charge is 0.313 e. The van der Waals surface area contributed by atoms with Gasteiger partial charge in [0.2, 0.25) is 0 Å². The zero-order chi connectivity index (χ0) is 13.1. The van der Waals surface area contributed by atoms with Crippen molar-refractivity contribution in [3.8, 4) is 0 Å². The summed E-state index contributed by atoms with van der Waals surface area (Å²) in [6.45, 7) is 3.88. The van der Waals surface area contributed by atoms with Gasteiger partial charge in [-0.2, -0.15) is 0 Å². The van der Waals surface area contributed by atoms with Crippen LogP contribution < -0.4 is 0 Å². The van der Waals surface area contributed by atoms with Crippen LogP contribution in [0.1, 0.15) is 24.4 Å². The first-order valence-electron chi connectivity index (χ1n) is 5.51. The molecule has 1 unspecified atom stereocenters. The number of imidazole rings is 1. The summed E-state index contributed by atoms with van der Waals surface area (Å²) in [5.74, 6) is -0.0242. The van der Waals surface area contributed by atoms with E-state index in [1.165, 1.54) is 11.8 Å². The van der Waals surface area contributed by atoms with Gasteiger partial charge in [-0.1, -0.05) is 11.8 Å². The molecular formula is C12H14N2O3S. The number of furan rings is 1. The lowest BCUT2D eigenvalue weighted by atomic mass is 10.2. The first kappa shape index (κ1) is 12.8. The number of carboxylic acids is 1. The number of aliphatic carboxylic acids is 1. The molecule has 0 saturated heterocycles. The van der Waals surface area contributed by atoms with E-state index in [4.69, 9.17) is 9.52 Å². The Kier molecular flexibility index (Phi) is 3.76. The van der Waals surface area contributed by atoms with Crippen LogP contribution in [-0.4, -0.2) is 26.4 Å². The molecule has 0 aromatic carbocycles. The first-order chi connectivity index (χ1) is 8.58. The largest absolute Gasteiger partial charge is 0.481 e. The summed E-state index contributed by atoms with van der Waals surface area (Å²) in [6, 6.07) is 3.73. The number of nitrogens with zero attached hydrogens (tertiary/aromatic N) is 2. The Morgan fingerprint density at radius 3 is 3.06 bits per heavy atom. The van der Waals surface area contributed by atoms with Crippen LogP contribution >= 0.6 is 11.8 Å². The molecule has 0 aliphatic carbocycles. The number of rotatable bonds is 5. The fourth-order valence-electron chi connectivity index (χ4n) is 1.67. The minimum atomic E-state index is -0.849. The third kappa shape index (κ3) is 2.76. The second-order valence-corrected chi connectivity index (χ2v) is 4.89. The van der Waals surface area contributed by atoms with E-state index in [2.05, 4.69) is 4.98 Å². The normalized spacial score (nSPS) is 12.6. The molecule has 0 fully saturated rings. The Labute approximate surface area is 109 Å². The molecule has 2 heterocycles. The molecule has 96 valence electrons. The summed E-state index contributed by atoms with van der Waals surface area (Å²) in [5.41, 5.74) is 0.862. The van der Waals surface area contributed by atoms with E-state index in [0.29, 0.717) is 5.16 Å². The van der Waals surface area contributed by atoms with Crippen LogP contribution in [0.5, 0.6) is 0 Å². The molecular weight excluding hydrogens is 252 g/mol. The molecule has 0 saturated carbocycles. The number of hydrogen-bond acceptors (Lipinski definition) is 4. The zero-order valence-corrected chi connectivity index (χ0v) is 11.0. The molecule has 2 aromatic heterocycles. The molecule has 2 aromatic rings. The molecule has 0 spiro atoms. The Bertz CT molecular complexity index is 534. The van der Waals surface area contributed by atoms with Gasteiger partial charge < -0.3 is 14.1 Å². The molecule has 0 bridgehead atoms. The SMILES string of the molecule is Cc1cn(C(C)c2ccco2)c(SCC(=O)O)n1. The maximum atomic E-state index is 10.6. The number of aryl methyl sites for hydroxylation is 1. The Hall–Kier alpha value is -1.69. The number of carboxylic acid groups (broad SMARTS) is 1. The van der Waals surface area contributed by atoms with Crippen molar-refractivity contribution < 1.29 is 14.3 Å². The summed E-state index contributed by atoms with van der Waals surface area (Å²) in [6.07, 6.45) is 3.52. The highest BCUT2D eigenvalue weighted by atomic mass is 32.2. The maximum absolute atomic E-state index is 10.6. The van der Waals surface area contributed by atoms with Crippen LogP contribution in [0, 0.1) is 6.92 Å². The van der Waals surface area contributed by atoms with Crippen molar-refractivity contribution in [3.63, 3.8) is 0 Å². The molecule has 1 N–H and O–H groups in total. The lowest BCUT2D eigenvalue weighted by molar-refractivity contribution is -0.133. The Balaban J connectivity index is 2.24. The van der Waals surface area contributed by atoms with Crippen molar-refractivity contribution in [1.29, 1.82) is 0 Å². The van der Waals surface area contributed by atoms with E-state index >= 15 is 0 Å².